The van der Waals surface area contributed by atoms with Crippen molar-refractivity contribution < 1.29 is 23.2 Å². The highest BCUT2D eigenvalue weighted by Crippen LogP contribution is 2.20. The summed E-state index contributed by atoms with van der Waals surface area (Å²) < 4.78 is 18.3. The molecule has 0 unspecified atom stereocenters. The molecule has 1 heterocycles. The summed E-state index contributed by atoms with van der Waals surface area (Å²) >= 11 is 0. The zero-order valence-corrected chi connectivity index (χ0v) is 16.7. The van der Waals surface area contributed by atoms with Gasteiger partial charge in [-0.25, -0.2) is 4.39 Å². The maximum atomic E-state index is 13.2. The summed E-state index contributed by atoms with van der Waals surface area (Å²) in [4.78, 5) is 37.9. The van der Waals surface area contributed by atoms with Gasteiger partial charge in [-0.15, -0.1) is 0 Å². The standard InChI is InChI=1S/C25H17FN2O4/c26-17-12-10-16(11-13-17)23(29)20-7-1-2-8-21(20)24(30)27-18-5-3-6-19(15-18)28-25(31)22-9-4-14-32-22/h1-15H,(H,27,30)(H,28,31). The van der Waals surface area contributed by atoms with Gasteiger partial charge in [-0.2, -0.15) is 0 Å². The normalized spacial score (nSPS) is 10.4. The van der Waals surface area contributed by atoms with E-state index in [9.17, 15) is 18.8 Å². The molecule has 0 aliphatic carbocycles. The molecule has 0 atom stereocenters. The molecule has 0 radical (unpaired) electrons. The molecule has 3 aromatic carbocycles. The van der Waals surface area contributed by atoms with Crippen LogP contribution in [0.5, 0.6) is 0 Å². The number of anilines is 2. The van der Waals surface area contributed by atoms with Crippen LogP contribution in [0.25, 0.3) is 0 Å². The number of carbonyl (C=O) groups excluding carboxylic acids is 3. The first-order valence-corrected chi connectivity index (χ1v) is 9.67. The third-order valence-electron chi connectivity index (χ3n) is 4.65. The van der Waals surface area contributed by atoms with Gasteiger partial charge in [0.05, 0.1) is 11.8 Å². The van der Waals surface area contributed by atoms with Crippen molar-refractivity contribution in [2.45, 2.75) is 0 Å². The molecule has 6 nitrogen and oxygen atoms in total. The lowest BCUT2D eigenvalue weighted by Gasteiger charge is -2.11. The number of nitrogens with one attached hydrogen (secondary N) is 2. The molecule has 0 saturated carbocycles. The summed E-state index contributed by atoms with van der Waals surface area (Å²) in [5.41, 5.74) is 1.52. The molecular formula is C25H17FN2O4. The van der Waals surface area contributed by atoms with E-state index in [1.165, 1.54) is 42.7 Å². The van der Waals surface area contributed by atoms with Crippen molar-refractivity contribution in [2.24, 2.45) is 0 Å². The average Bonchev–Trinajstić information content (AvgIpc) is 3.35. The molecular weight excluding hydrogens is 411 g/mol. The van der Waals surface area contributed by atoms with Crippen molar-refractivity contribution >= 4 is 29.0 Å². The molecule has 0 spiro atoms. The maximum Gasteiger partial charge on any atom is 0.291 e. The number of furan rings is 1. The summed E-state index contributed by atoms with van der Waals surface area (Å²) in [6.45, 7) is 0. The Kier molecular flexibility index (Phi) is 5.89. The second kappa shape index (κ2) is 9.09. The number of halogens is 1. The predicted octanol–water partition coefficient (Wildman–Crippen LogP) is 5.15. The molecule has 0 saturated heterocycles. The SMILES string of the molecule is O=C(Nc1cccc(NC(=O)c2ccccc2C(=O)c2ccc(F)cc2)c1)c1ccco1. The minimum atomic E-state index is -0.495. The summed E-state index contributed by atoms with van der Waals surface area (Å²) in [6, 6.07) is 21.2. The van der Waals surface area contributed by atoms with E-state index in [-0.39, 0.29) is 22.5 Å². The molecule has 4 rings (SSSR count). The number of rotatable bonds is 6. The van der Waals surface area contributed by atoms with Gasteiger partial charge < -0.3 is 15.1 Å². The number of amides is 2. The molecule has 0 aliphatic rings. The van der Waals surface area contributed by atoms with Gasteiger partial charge >= 0.3 is 0 Å². The Balaban J connectivity index is 1.53. The monoisotopic (exact) mass is 428 g/mol. The minimum absolute atomic E-state index is 0.160. The van der Waals surface area contributed by atoms with Crippen LogP contribution in [0.1, 0.15) is 36.8 Å². The van der Waals surface area contributed by atoms with Gasteiger partial charge in [-0.05, 0) is 60.7 Å². The highest BCUT2D eigenvalue weighted by atomic mass is 19.1. The topological polar surface area (TPSA) is 88.4 Å². The van der Waals surface area contributed by atoms with Gasteiger partial charge in [-0.1, -0.05) is 24.3 Å². The number of hydrogen-bond donors (Lipinski definition) is 2. The first-order valence-electron chi connectivity index (χ1n) is 9.67. The van der Waals surface area contributed by atoms with Crippen LogP contribution in [-0.2, 0) is 0 Å². The first-order chi connectivity index (χ1) is 15.5. The summed E-state index contributed by atoms with van der Waals surface area (Å²) in [7, 11) is 0. The lowest BCUT2D eigenvalue weighted by Crippen LogP contribution is -2.17. The maximum absolute atomic E-state index is 13.2. The van der Waals surface area contributed by atoms with E-state index in [0.29, 0.717) is 11.4 Å². The summed E-state index contributed by atoms with van der Waals surface area (Å²) in [5, 5.41) is 5.42. The van der Waals surface area contributed by atoms with Crippen LogP contribution in [0, 0.1) is 5.82 Å². The van der Waals surface area contributed by atoms with Crippen molar-refractivity contribution in [3.63, 3.8) is 0 Å². The average molecular weight is 428 g/mol. The van der Waals surface area contributed by atoms with Gasteiger partial charge in [0.1, 0.15) is 5.82 Å². The van der Waals surface area contributed by atoms with E-state index in [0.717, 1.165) is 0 Å². The van der Waals surface area contributed by atoms with Crippen LogP contribution in [0.3, 0.4) is 0 Å². The highest BCUT2D eigenvalue weighted by Gasteiger charge is 2.18. The Morgan fingerprint density at radius 2 is 1.34 bits per heavy atom. The fourth-order valence-electron chi connectivity index (χ4n) is 3.11. The third-order valence-corrected chi connectivity index (χ3v) is 4.65. The minimum Gasteiger partial charge on any atom is -0.459 e. The summed E-state index contributed by atoms with van der Waals surface area (Å²) in [6.07, 6.45) is 1.40. The highest BCUT2D eigenvalue weighted by molar-refractivity contribution is 6.17. The molecule has 0 fully saturated rings. The fraction of sp³-hybridized carbons (Fsp3) is 0. The fourth-order valence-corrected chi connectivity index (χ4v) is 3.11. The molecule has 0 aliphatic heterocycles. The predicted molar refractivity (Wildman–Crippen MR) is 117 cm³/mol. The van der Waals surface area contributed by atoms with Gasteiger partial charge in [0.2, 0.25) is 0 Å². The molecule has 2 amide bonds. The van der Waals surface area contributed by atoms with Crippen molar-refractivity contribution in [1.82, 2.24) is 0 Å². The van der Waals surface area contributed by atoms with E-state index in [1.807, 2.05) is 0 Å². The Hall–Kier alpha value is -4.52. The van der Waals surface area contributed by atoms with Gasteiger partial charge in [-0.3, -0.25) is 14.4 Å². The van der Waals surface area contributed by atoms with Gasteiger partial charge in [0.15, 0.2) is 11.5 Å². The second-order valence-electron chi connectivity index (χ2n) is 6.85. The van der Waals surface area contributed by atoms with E-state index in [2.05, 4.69) is 10.6 Å². The van der Waals surface area contributed by atoms with Crippen LogP contribution in [0.15, 0.2) is 95.6 Å². The van der Waals surface area contributed by atoms with Crippen LogP contribution in [0.4, 0.5) is 15.8 Å². The molecule has 158 valence electrons. The largest absolute Gasteiger partial charge is 0.459 e. The Bertz CT molecular complexity index is 1280. The molecule has 1 aromatic heterocycles. The van der Waals surface area contributed by atoms with Crippen LogP contribution in [-0.4, -0.2) is 17.6 Å². The van der Waals surface area contributed by atoms with E-state index in [4.69, 9.17) is 4.42 Å². The zero-order valence-electron chi connectivity index (χ0n) is 16.7. The van der Waals surface area contributed by atoms with E-state index in [1.54, 1.807) is 48.5 Å². The number of carbonyl (C=O) groups is 3. The van der Waals surface area contributed by atoms with E-state index >= 15 is 0 Å². The smallest absolute Gasteiger partial charge is 0.291 e. The Morgan fingerprint density at radius 1 is 0.688 bits per heavy atom. The first kappa shape index (κ1) is 20.7. The van der Waals surface area contributed by atoms with Gasteiger partial charge in [0.25, 0.3) is 11.8 Å². The lowest BCUT2D eigenvalue weighted by molar-refractivity contribution is 0.0995. The summed E-state index contributed by atoms with van der Waals surface area (Å²) in [5.74, 6) is -1.60. The zero-order chi connectivity index (χ0) is 22.5. The van der Waals surface area contributed by atoms with Crippen molar-refractivity contribution in [2.75, 3.05) is 10.6 Å². The van der Waals surface area contributed by atoms with Crippen LogP contribution < -0.4 is 10.6 Å². The van der Waals surface area contributed by atoms with Crippen molar-refractivity contribution in [1.29, 1.82) is 0 Å². The lowest BCUT2D eigenvalue weighted by atomic mass is 9.98. The molecule has 2 N–H and O–H groups in total. The third kappa shape index (κ3) is 4.62. The number of benzene rings is 3. The van der Waals surface area contributed by atoms with Crippen molar-refractivity contribution in [3.8, 4) is 0 Å². The van der Waals surface area contributed by atoms with Gasteiger partial charge in [0, 0.05) is 22.5 Å². The number of ketones is 1. The molecule has 32 heavy (non-hydrogen) atoms. The van der Waals surface area contributed by atoms with E-state index < -0.39 is 23.4 Å². The Labute approximate surface area is 182 Å². The quantitative estimate of drug-likeness (QED) is 0.416. The van der Waals surface area contributed by atoms with Crippen LogP contribution in [0.2, 0.25) is 0 Å². The second-order valence-corrected chi connectivity index (χ2v) is 6.85. The molecule has 7 heteroatoms. The Morgan fingerprint density at radius 3 is 2.00 bits per heavy atom. The van der Waals surface area contributed by atoms with Crippen molar-refractivity contribution in [3.05, 3.63) is 119 Å². The molecule has 4 aromatic rings. The number of hydrogen-bond acceptors (Lipinski definition) is 4. The molecule has 0 bridgehead atoms. The van der Waals surface area contributed by atoms with Crippen LogP contribution >= 0.6 is 0 Å².